The number of anilines is 1. The number of halogens is 1. The zero-order chi connectivity index (χ0) is 21.8. The minimum atomic E-state index is -0.0130. The summed E-state index contributed by atoms with van der Waals surface area (Å²) in [5, 5.41) is 8.91. The fraction of sp³-hybridized carbons (Fsp3) is 0.429. The fourth-order valence-corrected chi connectivity index (χ4v) is 3.85. The summed E-state index contributed by atoms with van der Waals surface area (Å²) in [5.41, 5.74) is 1.43. The van der Waals surface area contributed by atoms with Crippen molar-refractivity contribution >= 4 is 34.5 Å². The van der Waals surface area contributed by atoms with Gasteiger partial charge in [-0.25, -0.2) is 19.4 Å². The number of carbonyl (C=O) groups is 1. The van der Waals surface area contributed by atoms with Crippen LogP contribution in [0.2, 0.25) is 5.02 Å². The number of para-hydroxylation sites is 1. The average molecular weight is 444 g/mol. The van der Waals surface area contributed by atoms with Crippen molar-refractivity contribution in [2.24, 2.45) is 0 Å². The van der Waals surface area contributed by atoms with Crippen molar-refractivity contribution in [1.82, 2.24) is 30.0 Å². The Morgan fingerprint density at radius 3 is 2.68 bits per heavy atom. The number of amides is 2. The number of carbonyl (C=O) groups excluding carboxylic acids is 1. The van der Waals surface area contributed by atoms with Gasteiger partial charge in [0.25, 0.3) is 0 Å². The third-order valence-corrected chi connectivity index (χ3v) is 5.52. The quantitative estimate of drug-likeness (QED) is 0.630. The first kappa shape index (κ1) is 21.3. The van der Waals surface area contributed by atoms with E-state index in [4.69, 9.17) is 21.3 Å². The van der Waals surface area contributed by atoms with E-state index >= 15 is 0 Å². The molecule has 1 aromatic carbocycles. The Balaban J connectivity index is 1.65. The number of rotatable bonds is 6. The van der Waals surface area contributed by atoms with Gasteiger partial charge < -0.3 is 19.9 Å². The van der Waals surface area contributed by atoms with E-state index in [0.717, 1.165) is 23.3 Å². The smallest absolute Gasteiger partial charge is 0.317 e. The summed E-state index contributed by atoms with van der Waals surface area (Å²) in [6, 6.07) is 7.51. The zero-order valence-corrected chi connectivity index (χ0v) is 18.5. The maximum atomic E-state index is 12.3. The van der Waals surface area contributed by atoms with Crippen molar-refractivity contribution in [2.45, 2.75) is 20.0 Å². The summed E-state index contributed by atoms with van der Waals surface area (Å²) in [6.45, 7) is 5.62. The number of benzene rings is 1. The molecule has 0 saturated carbocycles. The van der Waals surface area contributed by atoms with Crippen molar-refractivity contribution in [3.63, 3.8) is 0 Å². The molecule has 2 aromatic heterocycles. The predicted molar refractivity (Wildman–Crippen MR) is 120 cm³/mol. The highest BCUT2D eigenvalue weighted by Gasteiger charge is 2.25. The van der Waals surface area contributed by atoms with Crippen LogP contribution in [0.1, 0.15) is 19.2 Å². The van der Waals surface area contributed by atoms with Gasteiger partial charge in [-0.1, -0.05) is 30.7 Å². The minimum Gasteiger partial charge on any atom is -0.377 e. The van der Waals surface area contributed by atoms with Crippen LogP contribution < -0.4 is 10.2 Å². The van der Waals surface area contributed by atoms with Gasteiger partial charge in [0.15, 0.2) is 11.5 Å². The number of urea groups is 1. The second kappa shape index (κ2) is 9.49. The number of methoxy groups -OCH3 is 1. The van der Waals surface area contributed by atoms with Gasteiger partial charge in [-0.3, -0.25) is 0 Å². The van der Waals surface area contributed by atoms with Crippen LogP contribution in [0.25, 0.3) is 16.7 Å². The largest absolute Gasteiger partial charge is 0.377 e. The van der Waals surface area contributed by atoms with E-state index in [9.17, 15) is 4.79 Å². The first-order valence-electron chi connectivity index (χ1n) is 10.4. The second-order valence-corrected chi connectivity index (χ2v) is 7.75. The van der Waals surface area contributed by atoms with E-state index in [1.165, 1.54) is 0 Å². The zero-order valence-electron chi connectivity index (χ0n) is 17.7. The van der Waals surface area contributed by atoms with Gasteiger partial charge in [-0.05, 0) is 18.6 Å². The Labute approximate surface area is 186 Å². The summed E-state index contributed by atoms with van der Waals surface area (Å²) in [4.78, 5) is 25.7. The minimum absolute atomic E-state index is 0.0130. The summed E-state index contributed by atoms with van der Waals surface area (Å²) in [6.07, 6.45) is 2.69. The fourth-order valence-electron chi connectivity index (χ4n) is 3.64. The number of nitrogens with zero attached hydrogens (tertiary/aromatic N) is 6. The molecule has 4 rings (SSSR count). The molecule has 1 aliphatic rings. The summed E-state index contributed by atoms with van der Waals surface area (Å²) in [5.74, 6) is 1.37. The lowest BCUT2D eigenvalue weighted by Crippen LogP contribution is -2.52. The molecule has 3 heterocycles. The first-order valence-corrected chi connectivity index (χ1v) is 10.8. The molecule has 3 aromatic rings. The van der Waals surface area contributed by atoms with Crippen molar-refractivity contribution < 1.29 is 9.53 Å². The molecule has 0 radical (unpaired) electrons. The number of hydrogen-bond acceptors (Lipinski definition) is 6. The van der Waals surface area contributed by atoms with Crippen molar-refractivity contribution in [2.75, 3.05) is 44.7 Å². The van der Waals surface area contributed by atoms with Crippen LogP contribution in [-0.2, 0) is 11.3 Å². The highest BCUT2D eigenvalue weighted by atomic mass is 35.5. The third kappa shape index (κ3) is 4.42. The number of fused-ring (bicyclic) bond motifs is 1. The highest BCUT2D eigenvalue weighted by Crippen LogP contribution is 2.29. The van der Waals surface area contributed by atoms with E-state index in [2.05, 4.69) is 20.3 Å². The van der Waals surface area contributed by atoms with Gasteiger partial charge >= 0.3 is 6.03 Å². The molecule has 0 aliphatic carbocycles. The van der Waals surface area contributed by atoms with Crippen molar-refractivity contribution in [3.05, 3.63) is 41.3 Å². The van der Waals surface area contributed by atoms with E-state index in [0.29, 0.717) is 49.2 Å². The number of hydrogen-bond donors (Lipinski definition) is 1. The van der Waals surface area contributed by atoms with E-state index < -0.39 is 0 Å². The van der Waals surface area contributed by atoms with Crippen LogP contribution in [0, 0.1) is 0 Å². The molecule has 0 unspecified atom stereocenters. The molecular formula is C21H26ClN7O2. The molecule has 0 atom stereocenters. The van der Waals surface area contributed by atoms with Crippen LogP contribution in [-0.4, -0.2) is 70.5 Å². The van der Waals surface area contributed by atoms with Crippen molar-refractivity contribution in [3.8, 4) is 5.69 Å². The normalized spacial score (nSPS) is 14.3. The lowest BCUT2D eigenvalue weighted by atomic mass is 10.2. The molecular weight excluding hydrogens is 418 g/mol. The van der Waals surface area contributed by atoms with E-state index in [1.807, 2.05) is 36.1 Å². The molecule has 9 nitrogen and oxygen atoms in total. The Hall–Kier alpha value is -2.91. The van der Waals surface area contributed by atoms with Gasteiger partial charge in [0.1, 0.15) is 12.4 Å². The van der Waals surface area contributed by atoms with Crippen LogP contribution >= 0.6 is 11.6 Å². The Morgan fingerprint density at radius 2 is 1.97 bits per heavy atom. The Morgan fingerprint density at radius 1 is 1.19 bits per heavy atom. The molecule has 1 saturated heterocycles. The molecule has 2 amide bonds. The van der Waals surface area contributed by atoms with Gasteiger partial charge in [0.2, 0.25) is 0 Å². The number of nitrogens with one attached hydrogen (secondary N) is 1. The molecule has 10 heteroatoms. The van der Waals surface area contributed by atoms with E-state index in [1.54, 1.807) is 18.0 Å². The lowest BCUT2D eigenvalue weighted by Gasteiger charge is -2.35. The lowest BCUT2D eigenvalue weighted by molar-refractivity contribution is 0.178. The van der Waals surface area contributed by atoms with Crippen LogP contribution in [0.15, 0.2) is 30.5 Å². The van der Waals surface area contributed by atoms with Gasteiger partial charge in [-0.2, -0.15) is 5.10 Å². The second-order valence-electron chi connectivity index (χ2n) is 7.35. The van der Waals surface area contributed by atoms with Crippen LogP contribution in [0.4, 0.5) is 10.6 Å². The molecule has 164 valence electrons. The molecule has 1 N–H and O–H groups in total. The SMILES string of the molecule is CCCNC(=O)N1CCN(c2nc(COC)nc3c2cnn3-c2ccccc2Cl)CC1. The highest BCUT2D eigenvalue weighted by molar-refractivity contribution is 6.32. The number of aromatic nitrogens is 4. The molecule has 0 bridgehead atoms. The summed E-state index contributed by atoms with van der Waals surface area (Å²) >= 11 is 6.40. The van der Waals surface area contributed by atoms with Crippen LogP contribution in [0.5, 0.6) is 0 Å². The predicted octanol–water partition coefficient (Wildman–Crippen LogP) is 2.86. The molecule has 1 aliphatic heterocycles. The first-order chi connectivity index (χ1) is 15.1. The van der Waals surface area contributed by atoms with Gasteiger partial charge in [0.05, 0.1) is 22.3 Å². The molecule has 0 spiro atoms. The third-order valence-electron chi connectivity index (χ3n) is 5.20. The van der Waals surface area contributed by atoms with Crippen molar-refractivity contribution in [1.29, 1.82) is 0 Å². The number of ether oxygens (including phenoxy) is 1. The summed E-state index contributed by atoms with van der Waals surface area (Å²) < 4.78 is 7.02. The maximum Gasteiger partial charge on any atom is 0.317 e. The Kier molecular flexibility index (Phi) is 6.53. The summed E-state index contributed by atoms with van der Waals surface area (Å²) in [7, 11) is 1.62. The monoisotopic (exact) mass is 443 g/mol. The standard InChI is InChI=1S/C21H26ClN7O2/c1-3-8-23-21(30)28-11-9-27(10-12-28)19-15-13-24-29(17-7-5-4-6-16(17)22)20(15)26-18(25-19)14-31-2/h4-7,13H,3,8-12,14H2,1-2H3,(H,23,30). The Bertz CT molecular complexity index is 1060. The van der Waals surface area contributed by atoms with Gasteiger partial charge in [-0.15, -0.1) is 0 Å². The van der Waals surface area contributed by atoms with Crippen LogP contribution in [0.3, 0.4) is 0 Å². The average Bonchev–Trinajstić information content (AvgIpc) is 3.21. The maximum absolute atomic E-state index is 12.3. The van der Waals surface area contributed by atoms with Gasteiger partial charge in [0, 0.05) is 39.8 Å². The molecule has 31 heavy (non-hydrogen) atoms. The topological polar surface area (TPSA) is 88.4 Å². The molecule has 1 fully saturated rings. The van der Waals surface area contributed by atoms with E-state index in [-0.39, 0.29) is 12.6 Å². The number of piperazine rings is 1.